The van der Waals surface area contributed by atoms with Crippen molar-refractivity contribution in [1.29, 1.82) is 0 Å². The van der Waals surface area contributed by atoms with E-state index in [4.69, 9.17) is 0 Å². The van der Waals surface area contributed by atoms with Gasteiger partial charge in [0.15, 0.2) is 0 Å². The second-order valence-electron chi connectivity index (χ2n) is 6.37. The number of benzene rings is 2. The van der Waals surface area contributed by atoms with Gasteiger partial charge in [0.2, 0.25) is 11.8 Å². The lowest BCUT2D eigenvalue weighted by Gasteiger charge is -2.24. The van der Waals surface area contributed by atoms with E-state index in [-0.39, 0.29) is 30.7 Å². The van der Waals surface area contributed by atoms with E-state index < -0.39 is 0 Å². The SMILES string of the molecule is O=C[C@@H]1CSCN1C(=O)CCC(=O)N(Cc1ccccc1)c1ccccc1. The van der Waals surface area contributed by atoms with Crippen molar-refractivity contribution < 1.29 is 14.4 Å². The van der Waals surface area contributed by atoms with E-state index in [0.29, 0.717) is 18.2 Å². The quantitative estimate of drug-likeness (QED) is 0.691. The molecule has 2 aromatic carbocycles. The molecule has 140 valence electrons. The third-order valence-corrected chi connectivity index (χ3v) is 5.54. The Morgan fingerprint density at radius 2 is 1.70 bits per heavy atom. The number of para-hydroxylation sites is 1. The van der Waals surface area contributed by atoms with E-state index in [0.717, 1.165) is 17.5 Å². The maximum atomic E-state index is 12.9. The average Bonchev–Trinajstić information content (AvgIpc) is 3.20. The zero-order chi connectivity index (χ0) is 19.1. The maximum Gasteiger partial charge on any atom is 0.227 e. The minimum Gasteiger partial charge on any atom is -0.323 e. The lowest BCUT2D eigenvalue weighted by molar-refractivity contribution is -0.135. The molecule has 5 nitrogen and oxygen atoms in total. The second kappa shape index (κ2) is 9.37. The Labute approximate surface area is 163 Å². The molecular formula is C21H22N2O3S. The van der Waals surface area contributed by atoms with Gasteiger partial charge in [-0.3, -0.25) is 9.59 Å². The van der Waals surface area contributed by atoms with E-state index in [2.05, 4.69) is 0 Å². The molecule has 0 bridgehead atoms. The van der Waals surface area contributed by atoms with Crippen molar-refractivity contribution in [3.05, 3.63) is 66.2 Å². The molecule has 0 N–H and O–H groups in total. The summed E-state index contributed by atoms with van der Waals surface area (Å²) in [5.41, 5.74) is 1.83. The van der Waals surface area contributed by atoms with Crippen molar-refractivity contribution in [2.24, 2.45) is 0 Å². The lowest BCUT2D eigenvalue weighted by atomic mass is 10.1. The van der Waals surface area contributed by atoms with Crippen molar-refractivity contribution in [1.82, 2.24) is 4.90 Å². The van der Waals surface area contributed by atoms with Gasteiger partial charge >= 0.3 is 0 Å². The highest BCUT2D eigenvalue weighted by Gasteiger charge is 2.29. The molecule has 0 spiro atoms. The molecule has 1 saturated heterocycles. The summed E-state index contributed by atoms with van der Waals surface area (Å²) in [5, 5.41) is 0. The van der Waals surface area contributed by atoms with Gasteiger partial charge in [-0.05, 0) is 17.7 Å². The number of nitrogens with zero attached hydrogens (tertiary/aromatic N) is 2. The number of carbonyl (C=O) groups is 3. The van der Waals surface area contributed by atoms with Crippen molar-refractivity contribution in [3.8, 4) is 0 Å². The summed E-state index contributed by atoms with van der Waals surface area (Å²) in [6, 6.07) is 18.9. The van der Waals surface area contributed by atoms with Gasteiger partial charge in [-0.1, -0.05) is 48.5 Å². The van der Waals surface area contributed by atoms with Crippen LogP contribution in [-0.2, 0) is 20.9 Å². The first kappa shape index (κ1) is 19.2. The van der Waals surface area contributed by atoms with Gasteiger partial charge in [-0.15, -0.1) is 11.8 Å². The van der Waals surface area contributed by atoms with Crippen LogP contribution in [0.15, 0.2) is 60.7 Å². The second-order valence-corrected chi connectivity index (χ2v) is 7.37. The fraction of sp³-hybridized carbons (Fsp3) is 0.286. The van der Waals surface area contributed by atoms with Crippen LogP contribution in [-0.4, -0.2) is 40.7 Å². The van der Waals surface area contributed by atoms with E-state index in [1.54, 1.807) is 21.6 Å². The van der Waals surface area contributed by atoms with Crippen molar-refractivity contribution in [2.45, 2.75) is 25.4 Å². The molecule has 2 amide bonds. The van der Waals surface area contributed by atoms with E-state index in [1.807, 2.05) is 60.7 Å². The van der Waals surface area contributed by atoms with Gasteiger partial charge < -0.3 is 14.6 Å². The fourth-order valence-electron chi connectivity index (χ4n) is 3.02. The number of anilines is 1. The summed E-state index contributed by atoms with van der Waals surface area (Å²) in [6.07, 6.45) is 1.04. The first-order valence-electron chi connectivity index (χ1n) is 8.91. The van der Waals surface area contributed by atoms with Crippen molar-refractivity contribution in [2.75, 3.05) is 16.5 Å². The summed E-state index contributed by atoms with van der Waals surface area (Å²) in [4.78, 5) is 39.7. The lowest BCUT2D eigenvalue weighted by Crippen LogP contribution is -2.38. The van der Waals surface area contributed by atoms with E-state index >= 15 is 0 Å². The highest BCUT2D eigenvalue weighted by molar-refractivity contribution is 7.99. The third-order valence-electron chi connectivity index (χ3n) is 4.50. The predicted molar refractivity (Wildman–Crippen MR) is 107 cm³/mol. The van der Waals surface area contributed by atoms with Crippen LogP contribution < -0.4 is 4.90 Å². The van der Waals surface area contributed by atoms with Crippen LogP contribution in [0.5, 0.6) is 0 Å². The minimum atomic E-state index is -0.368. The normalized spacial score (nSPS) is 16.1. The molecule has 2 aromatic rings. The third kappa shape index (κ3) is 4.98. The first-order valence-corrected chi connectivity index (χ1v) is 10.1. The van der Waals surface area contributed by atoms with Crippen LogP contribution in [0.25, 0.3) is 0 Å². The summed E-state index contributed by atoms with van der Waals surface area (Å²) < 4.78 is 0. The minimum absolute atomic E-state index is 0.104. The Hall–Kier alpha value is -2.60. The molecule has 0 aliphatic carbocycles. The Balaban J connectivity index is 1.67. The molecular weight excluding hydrogens is 360 g/mol. The van der Waals surface area contributed by atoms with Gasteiger partial charge in [0.25, 0.3) is 0 Å². The predicted octanol–water partition coefficient (Wildman–Crippen LogP) is 3.10. The molecule has 1 fully saturated rings. The summed E-state index contributed by atoms with van der Waals surface area (Å²) in [7, 11) is 0. The van der Waals surface area contributed by atoms with Crippen molar-refractivity contribution in [3.63, 3.8) is 0 Å². The summed E-state index contributed by atoms with van der Waals surface area (Å²) in [5.74, 6) is 0.905. The number of rotatable bonds is 7. The summed E-state index contributed by atoms with van der Waals surface area (Å²) in [6.45, 7) is 0.453. The van der Waals surface area contributed by atoms with Crippen LogP contribution in [0.3, 0.4) is 0 Å². The molecule has 0 radical (unpaired) electrons. The maximum absolute atomic E-state index is 12.9. The van der Waals surface area contributed by atoms with Gasteiger partial charge in [0.05, 0.1) is 18.5 Å². The Morgan fingerprint density at radius 1 is 1.04 bits per heavy atom. The molecule has 0 unspecified atom stereocenters. The zero-order valence-electron chi connectivity index (χ0n) is 15.0. The van der Waals surface area contributed by atoms with Crippen LogP contribution in [0.4, 0.5) is 5.69 Å². The Bertz CT molecular complexity index is 783. The molecule has 1 heterocycles. The van der Waals surface area contributed by atoms with Gasteiger partial charge in [0, 0.05) is 24.3 Å². The smallest absolute Gasteiger partial charge is 0.227 e. The first-order chi connectivity index (χ1) is 13.2. The van der Waals surface area contributed by atoms with Crippen LogP contribution in [0.2, 0.25) is 0 Å². The fourth-order valence-corrected chi connectivity index (χ4v) is 4.15. The topological polar surface area (TPSA) is 57.7 Å². The van der Waals surface area contributed by atoms with Gasteiger partial charge in [0.1, 0.15) is 6.29 Å². The Morgan fingerprint density at radius 3 is 2.37 bits per heavy atom. The van der Waals surface area contributed by atoms with Crippen LogP contribution >= 0.6 is 11.8 Å². The zero-order valence-corrected chi connectivity index (χ0v) is 15.8. The molecule has 1 atom stereocenters. The number of thioether (sulfide) groups is 1. The molecule has 27 heavy (non-hydrogen) atoms. The summed E-state index contributed by atoms with van der Waals surface area (Å²) >= 11 is 1.56. The molecule has 6 heteroatoms. The monoisotopic (exact) mass is 382 g/mol. The number of hydrogen-bond donors (Lipinski definition) is 0. The highest BCUT2D eigenvalue weighted by atomic mass is 32.2. The van der Waals surface area contributed by atoms with Gasteiger partial charge in [-0.25, -0.2) is 0 Å². The largest absolute Gasteiger partial charge is 0.323 e. The van der Waals surface area contributed by atoms with Crippen LogP contribution in [0, 0.1) is 0 Å². The molecule has 1 aliphatic rings. The molecule has 1 aliphatic heterocycles. The molecule has 0 aromatic heterocycles. The standard InChI is InChI=1S/C21H22N2O3S/c24-14-19-15-27-16-23(19)21(26)12-11-20(25)22(18-9-5-2-6-10-18)13-17-7-3-1-4-8-17/h1-10,14,19H,11-13,15-16H2/t19-/m1/s1. The molecule has 0 saturated carbocycles. The van der Waals surface area contributed by atoms with E-state index in [9.17, 15) is 14.4 Å². The number of amides is 2. The molecule has 3 rings (SSSR count). The average molecular weight is 382 g/mol. The van der Waals surface area contributed by atoms with E-state index in [1.165, 1.54) is 0 Å². The van der Waals surface area contributed by atoms with Gasteiger partial charge in [-0.2, -0.15) is 0 Å². The number of aldehydes is 1. The number of hydrogen-bond acceptors (Lipinski definition) is 4. The number of carbonyl (C=O) groups excluding carboxylic acids is 3. The van der Waals surface area contributed by atoms with Crippen LogP contribution in [0.1, 0.15) is 18.4 Å². The Kier molecular flexibility index (Phi) is 6.65. The van der Waals surface area contributed by atoms with Crippen molar-refractivity contribution >= 4 is 35.5 Å². The highest BCUT2D eigenvalue weighted by Crippen LogP contribution is 2.22.